The number of aromatic nitrogens is 2. The number of alkyl halides is 1. The van der Waals surface area contributed by atoms with Gasteiger partial charge in [0.2, 0.25) is 12.7 Å². The van der Waals surface area contributed by atoms with Gasteiger partial charge in [0.05, 0.1) is 17.7 Å². The van der Waals surface area contributed by atoms with E-state index in [4.69, 9.17) is 30.5 Å². The molecule has 0 fully saturated rings. The number of imidazole rings is 1. The van der Waals surface area contributed by atoms with Crippen molar-refractivity contribution in [2.45, 2.75) is 0 Å². The number of methoxy groups -OCH3 is 1. The Bertz CT molecular complexity index is 1350. The molecule has 170 valence electrons. The first-order valence-corrected chi connectivity index (χ1v) is 10.4. The van der Waals surface area contributed by atoms with E-state index in [0.717, 1.165) is 6.07 Å². The number of fused-ring (bicyclic) bond motifs is 2. The first kappa shape index (κ1) is 21.1. The highest BCUT2D eigenvalue weighted by atomic mass is 35.5. The number of halogens is 3. The molecule has 4 aromatic rings. The Balaban J connectivity index is 1.71. The van der Waals surface area contributed by atoms with Gasteiger partial charge in [0, 0.05) is 11.8 Å². The third-order valence-corrected chi connectivity index (χ3v) is 5.50. The van der Waals surface area contributed by atoms with E-state index in [1.54, 1.807) is 40.8 Å². The zero-order valence-corrected chi connectivity index (χ0v) is 18.2. The average Bonchev–Trinajstić information content (AvgIpc) is 3.19. The molecule has 0 saturated heterocycles. The van der Waals surface area contributed by atoms with Gasteiger partial charge in [0.1, 0.15) is 41.9 Å². The van der Waals surface area contributed by atoms with Crippen molar-refractivity contribution >= 4 is 28.8 Å². The first-order valence-electron chi connectivity index (χ1n) is 10.00. The second kappa shape index (κ2) is 8.67. The predicted molar refractivity (Wildman–Crippen MR) is 119 cm³/mol. The van der Waals surface area contributed by atoms with E-state index in [0.29, 0.717) is 47.7 Å². The molecule has 5 rings (SSSR count). The molecule has 0 bridgehead atoms. The average molecular weight is 474 g/mol. The van der Waals surface area contributed by atoms with Crippen LogP contribution in [0.5, 0.6) is 23.1 Å². The van der Waals surface area contributed by atoms with Gasteiger partial charge >= 0.3 is 0 Å². The van der Waals surface area contributed by atoms with E-state index in [1.165, 1.54) is 13.2 Å². The van der Waals surface area contributed by atoms with Crippen LogP contribution in [0, 0.1) is 5.82 Å². The second-order valence-electron chi connectivity index (χ2n) is 7.04. The molecule has 0 amide bonds. The molecule has 0 atom stereocenters. The minimum Gasteiger partial charge on any atom is -0.486 e. The predicted octanol–water partition coefficient (Wildman–Crippen LogP) is 5.62. The lowest BCUT2D eigenvalue weighted by Gasteiger charge is -2.19. The van der Waals surface area contributed by atoms with Crippen molar-refractivity contribution < 1.29 is 27.7 Å². The maximum absolute atomic E-state index is 15.0. The Morgan fingerprint density at radius 2 is 1.94 bits per heavy atom. The van der Waals surface area contributed by atoms with E-state index >= 15 is 4.39 Å². The molecule has 2 aromatic carbocycles. The van der Waals surface area contributed by atoms with Gasteiger partial charge in [-0.05, 0) is 36.4 Å². The zero-order chi connectivity index (χ0) is 22.9. The lowest BCUT2D eigenvalue weighted by atomic mass is 10.1. The number of nitrogens with zero attached hydrogens (tertiary/aromatic N) is 2. The van der Waals surface area contributed by atoms with Crippen LogP contribution >= 0.6 is 11.6 Å². The summed E-state index contributed by atoms with van der Waals surface area (Å²) in [6, 6.07) is 13.0. The Morgan fingerprint density at radius 1 is 1.12 bits per heavy atom. The maximum atomic E-state index is 15.0. The lowest BCUT2D eigenvalue weighted by Crippen LogP contribution is -2.15. The van der Waals surface area contributed by atoms with Gasteiger partial charge in [-0.2, -0.15) is 0 Å². The van der Waals surface area contributed by atoms with Crippen molar-refractivity contribution in [2.75, 3.05) is 32.5 Å². The smallest absolute Gasteiger partial charge is 0.228 e. The topological polar surface area (TPSA) is 66.2 Å². The molecular formula is C23H18ClF2N3O4. The summed E-state index contributed by atoms with van der Waals surface area (Å²) in [7, 11) is 1.52. The van der Waals surface area contributed by atoms with Crippen LogP contribution in [0.2, 0.25) is 5.02 Å². The first-order chi connectivity index (χ1) is 16.1. The van der Waals surface area contributed by atoms with E-state index in [9.17, 15) is 4.39 Å². The summed E-state index contributed by atoms with van der Waals surface area (Å²) in [6.45, 7) is -0.192. The summed E-state index contributed by atoms with van der Waals surface area (Å²) in [5.41, 5.74) is 1.28. The fraction of sp³-hybridized carbons (Fsp3) is 0.174. The minimum absolute atomic E-state index is 0.00451. The Hall–Kier alpha value is -3.72. The number of hydrogen-bond donors (Lipinski definition) is 1. The molecular weight excluding hydrogens is 456 g/mol. The zero-order valence-electron chi connectivity index (χ0n) is 17.4. The monoisotopic (exact) mass is 473 g/mol. The van der Waals surface area contributed by atoms with Crippen LogP contribution in [-0.4, -0.2) is 36.6 Å². The molecule has 0 spiro atoms. The summed E-state index contributed by atoms with van der Waals surface area (Å²) in [5.74, 6) is 1.42. The van der Waals surface area contributed by atoms with E-state index in [-0.39, 0.29) is 22.0 Å². The van der Waals surface area contributed by atoms with Crippen molar-refractivity contribution in [3.8, 4) is 34.4 Å². The molecule has 1 aliphatic heterocycles. The van der Waals surface area contributed by atoms with Crippen LogP contribution < -0.4 is 24.3 Å². The molecule has 0 aliphatic carbocycles. The van der Waals surface area contributed by atoms with Crippen molar-refractivity contribution in [3.05, 3.63) is 59.4 Å². The summed E-state index contributed by atoms with van der Waals surface area (Å²) < 4.78 is 51.2. The quantitative estimate of drug-likeness (QED) is 0.392. The SMILES string of the molecule is COc1cccc2nc(-c3c(F)ccc(OCF)c3Cl)c(Nc3ccc4c(c3)OCCO4)n12. The van der Waals surface area contributed by atoms with Gasteiger partial charge in [0.15, 0.2) is 11.5 Å². The van der Waals surface area contributed by atoms with Crippen LogP contribution in [0.3, 0.4) is 0 Å². The number of nitrogens with one attached hydrogen (secondary N) is 1. The lowest BCUT2D eigenvalue weighted by molar-refractivity contribution is 0.171. The standard InChI is InChI=1S/C23H18ClF2N3O4/c1-30-19-4-2-3-18-28-22(20-14(26)6-8-16(21(20)24)33-12-25)23(29(18)19)27-13-5-7-15-17(11-13)32-10-9-31-15/h2-8,11,27H,9-10,12H2,1H3. The molecule has 0 saturated carbocycles. The number of anilines is 2. The van der Waals surface area contributed by atoms with Crippen LogP contribution in [0.25, 0.3) is 16.9 Å². The highest BCUT2D eigenvalue weighted by Gasteiger charge is 2.24. The number of ether oxygens (including phenoxy) is 4. The van der Waals surface area contributed by atoms with E-state index in [1.807, 2.05) is 0 Å². The van der Waals surface area contributed by atoms with Crippen molar-refractivity contribution in [2.24, 2.45) is 0 Å². The summed E-state index contributed by atoms with van der Waals surface area (Å²) in [6.07, 6.45) is 0. The number of hydrogen-bond acceptors (Lipinski definition) is 6. The Kier molecular flexibility index (Phi) is 5.55. The van der Waals surface area contributed by atoms with Crippen LogP contribution in [0.4, 0.5) is 20.3 Å². The third kappa shape index (κ3) is 3.74. The summed E-state index contributed by atoms with van der Waals surface area (Å²) in [5, 5.41) is 3.17. The highest BCUT2D eigenvalue weighted by Crippen LogP contribution is 2.43. The molecule has 0 radical (unpaired) electrons. The van der Waals surface area contributed by atoms with Crippen LogP contribution in [0.1, 0.15) is 0 Å². The molecule has 0 unspecified atom stereocenters. The van der Waals surface area contributed by atoms with Gasteiger partial charge in [-0.15, -0.1) is 0 Å². The van der Waals surface area contributed by atoms with Gasteiger partial charge in [-0.1, -0.05) is 17.7 Å². The number of benzene rings is 2. The maximum Gasteiger partial charge on any atom is 0.228 e. The van der Waals surface area contributed by atoms with Crippen LogP contribution in [-0.2, 0) is 0 Å². The molecule has 33 heavy (non-hydrogen) atoms. The van der Waals surface area contributed by atoms with Crippen molar-refractivity contribution in [1.29, 1.82) is 0 Å². The van der Waals surface area contributed by atoms with Gasteiger partial charge < -0.3 is 24.3 Å². The Labute approximate surface area is 192 Å². The molecule has 10 heteroatoms. The Morgan fingerprint density at radius 3 is 2.73 bits per heavy atom. The molecule has 7 nitrogen and oxygen atoms in total. The number of pyridine rings is 1. The largest absolute Gasteiger partial charge is 0.486 e. The van der Waals surface area contributed by atoms with E-state index in [2.05, 4.69) is 10.3 Å². The summed E-state index contributed by atoms with van der Waals surface area (Å²) in [4.78, 5) is 4.59. The van der Waals surface area contributed by atoms with E-state index < -0.39 is 12.7 Å². The second-order valence-corrected chi connectivity index (χ2v) is 7.42. The molecule has 1 aliphatic rings. The molecule has 3 heterocycles. The van der Waals surface area contributed by atoms with Crippen LogP contribution in [0.15, 0.2) is 48.5 Å². The number of rotatable bonds is 6. The van der Waals surface area contributed by atoms with Crippen molar-refractivity contribution in [3.63, 3.8) is 0 Å². The minimum atomic E-state index is -1.11. The fourth-order valence-corrected chi connectivity index (χ4v) is 3.99. The fourth-order valence-electron chi connectivity index (χ4n) is 3.69. The normalized spacial score (nSPS) is 12.6. The third-order valence-electron chi connectivity index (χ3n) is 5.12. The highest BCUT2D eigenvalue weighted by molar-refractivity contribution is 6.35. The molecule has 2 aromatic heterocycles. The van der Waals surface area contributed by atoms with Gasteiger partial charge in [-0.3, -0.25) is 0 Å². The van der Waals surface area contributed by atoms with Gasteiger partial charge in [-0.25, -0.2) is 18.2 Å². The summed E-state index contributed by atoms with van der Waals surface area (Å²) >= 11 is 6.42. The van der Waals surface area contributed by atoms with Gasteiger partial charge in [0.25, 0.3) is 0 Å². The van der Waals surface area contributed by atoms with Crippen molar-refractivity contribution in [1.82, 2.24) is 9.38 Å². The molecule has 1 N–H and O–H groups in total.